The monoisotopic (exact) mass is 234 g/mol. The number of nitrogens with zero attached hydrogens (tertiary/aromatic N) is 2. The van der Waals surface area contributed by atoms with Crippen molar-refractivity contribution in [3.8, 4) is 0 Å². The third kappa shape index (κ3) is 2.62. The third-order valence-corrected chi connectivity index (χ3v) is 2.91. The average Bonchev–Trinajstić information content (AvgIpc) is 2.31. The Morgan fingerprint density at radius 1 is 1.12 bits per heavy atom. The van der Waals surface area contributed by atoms with E-state index in [1.54, 1.807) is 42.7 Å². The molecule has 0 radical (unpaired) electrons. The van der Waals surface area contributed by atoms with Crippen LogP contribution in [0.1, 0.15) is 0 Å². The summed E-state index contributed by atoms with van der Waals surface area (Å²) in [4.78, 5) is 8.47. The maximum atomic E-state index is 11.8. The van der Waals surface area contributed by atoms with Gasteiger partial charge in [0.05, 0.1) is 0 Å². The highest BCUT2D eigenvalue weighted by Gasteiger charge is 2.12. The zero-order valence-electron chi connectivity index (χ0n) is 8.33. The summed E-state index contributed by atoms with van der Waals surface area (Å²) in [5.41, 5.74) is 6.17. The number of benzene rings is 1. The number of nitrogens with one attached hydrogen (secondary N) is 1. The van der Waals surface area contributed by atoms with Gasteiger partial charge in [-0.3, -0.25) is 0 Å². The lowest BCUT2D eigenvalue weighted by Crippen LogP contribution is -2.14. The van der Waals surface area contributed by atoms with Crippen molar-refractivity contribution in [2.45, 2.75) is 4.90 Å². The zero-order valence-corrected chi connectivity index (χ0v) is 9.15. The largest absolute Gasteiger partial charge is 0.588 e. The summed E-state index contributed by atoms with van der Waals surface area (Å²) in [6, 6.07) is 8.47. The van der Waals surface area contributed by atoms with Gasteiger partial charge < -0.3 is 10.3 Å². The SMILES string of the molecule is Nc1ccc([S+]([O-])Nc2ncccn2)cc1. The summed E-state index contributed by atoms with van der Waals surface area (Å²) in [7, 11) is 0. The van der Waals surface area contributed by atoms with Crippen LogP contribution < -0.4 is 10.5 Å². The molecule has 1 heterocycles. The lowest BCUT2D eigenvalue weighted by molar-refractivity contribution is 0.600. The van der Waals surface area contributed by atoms with Crippen molar-refractivity contribution in [1.82, 2.24) is 9.97 Å². The summed E-state index contributed by atoms with van der Waals surface area (Å²) in [6.07, 6.45) is 3.16. The lowest BCUT2D eigenvalue weighted by Gasteiger charge is -2.09. The summed E-state index contributed by atoms with van der Waals surface area (Å²) >= 11 is -1.37. The normalized spacial score (nSPS) is 12.1. The van der Waals surface area contributed by atoms with Crippen LogP contribution in [0.3, 0.4) is 0 Å². The highest BCUT2D eigenvalue weighted by molar-refractivity contribution is 7.92. The Bertz CT molecular complexity index is 448. The van der Waals surface area contributed by atoms with Gasteiger partial charge in [-0.1, -0.05) is 0 Å². The van der Waals surface area contributed by atoms with E-state index >= 15 is 0 Å². The molecule has 82 valence electrons. The topological polar surface area (TPSA) is 86.9 Å². The van der Waals surface area contributed by atoms with Gasteiger partial charge in [0, 0.05) is 18.1 Å². The molecule has 0 spiro atoms. The standard InChI is InChI=1S/C10H10N4OS/c11-8-2-4-9(5-3-8)16(15)14-10-12-6-1-7-13-10/h1-7H,11H2,(H,12,13,14). The van der Waals surface area contributed by atoms with E-state index < -0.39 is 11.4 Å². The quantitative estimate of drug-likeness (QED) is 0.615. The molecule has 5 nitrogen and oxygen atoms in total. The van der Waals surface area contributed by atoms with Crippen LogP contribution in [-0.2, 0) is 11.4 Å². The van der Waals surface area contributed by atoms with Crippen LogP contribution in [0, 0.1) is 0 Å². The Hall–Kier alpha value is -1.79. The highest BCUT2D eigenvalue weighted by Crippen LogP contribution is 2.14. The molecule has 0 saturated carbocycles. The highest BCUT2D eigenvalue weighted by atomic mass is 32.2. The first-order chi connectivity index (χ1) is 7.75. The molecule has 0 bridgehead atoms. The summed E-state index contributed by atoms with van der Waals surface area (Å²) < 4.78 is 14.5. The number of nitrogens with two attached hydrogens (primary N) is 1. The first-order valence-corrected chi connectivity index (χ1v) is 5.72. The van der Waals surface area contributed by atoms with Gasteiger partial charge in [-0.15, -0.1) is 0 Å². The minimum Gasteiger partial charge on any atom is -0.588 e. The minimum atomic E-state index is -1.37. The summed E-state index contributed by atoms with van der Waals surface area (Å²) in [5, 5.41) is 0. The van der Waals surface area contributed by atoms with Crippen molar-refractivity contribution < 1.29 is 4.55 Å². The Labute approximate surface area is 96.0 Å². The average molecular weight is 234 g/mol. The van der Waals surface area contributed by atoms with Crippen LogP contribution in [0.5, 0.6) is 0 Å². The smallest absolute Gasteiger partial charge is 0.265 e. The van der Waals surface area contributed by atoms with Crippen LogP contribution >= 0.6 is 0 Å². The molecule has 0 aliphatic carbocycles. The van der Waals surface area contributed by atoms with Gasteiger partial charge in [0.1, 0.15) is 11.4 Å². The van der Waals surface area contributed by atoms with E-state index in [4.69, 9.17) is 5.73 Å². The van der Waals surface area contributed by atoms with Crippen molar-refractivity contribution in [2.75, 3.05) is 10.5 Å². The van der Waals surface area contributed by atoms with E-state index in [1.807, 2.05) is 0 Å². The minimum absolute atomic E-state index is 0.331. The molecule has 0 fully saturated rings. The van der Waals surface area contributed by atoms with Gasteiger partial charge in [0.15, 0.2) is 4.90 Å². The van der Waals surface area contributed by atoms with E-state index in [9.17, 15) is 4.55 Å². The van der Waals surface area contributed by atoms with Gasteiger partial charge in [0.25, 0.3) is 5.95 Å². The zero-order chi connectivity index (χ0) is 11.4. The molecule has 6 heteroatoms. The Kier molecular flexibility index (Phi) is 3.23. The summed E-state index contributed by atoms with van der Waals surface area (Å²) in [6.45, 7) is 0. The van der Waals surface area contributed by atoms with E-state index in [1.165, 1.54) is 0 Å². The van der Waals surface area contributed by atoms with Crippen LogP contribution in [0.15, 0.2) is 47.6 Å². The molecule has 3 N–H and O–H groups in total. The predicted molar refractivity (Wildman–Crippen MR) is 62.9 cm³/mol. The van der Waals surface area contributed by atoms with Crippen LogP contribution in [0.2, 0.25) is 0 Å². The predicted octanol–water partition coefficient (Wildman–Crippen LogP) is 1.19. The molecule has 1 atom stereocenters. The number of rotatable bonds is 3. The second kappa shape index (κ2) is 4.82. The maximum absolute atomic E-state index is 11.8. The van der Waals surface area contributed by atoms with Crippen LogP contribution in [-0.4, -0.2) is 14.5 Å². The van der Waals surface area contributed by atoms with Gasteiger partial charge in [-0.25, -0.2) is 9.97 Å². The number of nitrogen functional groups attached to an aromatic ring is 1. The van der Waals surface area contributed by atoms with Crippen molar-refractivity contribution in [2.24, 2.45) is 0 Å². The van der Waals surface area contributed by atoms with Gasteiger partial charge >= 0.3 is 0 Å². The fourth-order valence-corrected chi connectivity index (χ4v) is 1.86. The van der Waals surface area contributed by atoms with E-state index in [2.05, 4.69) is 14.7 Å². The van der Waals surface area contributed by atoms with Crippen molar-refractivity contribution in [1.29, 1.82) is 0 Å². The number of aromatic nitrogens is 2. The summed E-state index contributed by atoms with van der Waals surface area (Å²) in [5.74, 6) is 0.331. The lowest BCUT2D eigenvalue weighted by atomic mass is 10.3. The Morgan fingerprint density at radius 3 is 2.38 bits per heavy atom. The molecule has 0 saturated heterocycles. The number of hydrogen-bond donors (Lipinski definition) is 2. The van der Waals surface area contributed by atoms with Crippen molar-refractivity contribution in [3.05, 3.63) is 42.7 Å². The second-order valence-corrected chi connectivity index (χ2v) is 4.23. The number of anilines is 2. The maximum Gasteiger partial charge on any atom is 0.265 e. The Morgan fingerprint density at radius 2 is 1.75 bits per heavy atom. The molecular formula is C10H10N4OS. The van der Waals surface area contributed by atoms with Crippen molar-refractivity contribution >= 4 is 23.0 Å². The van der Waals surface area contributed by atoms with Crippen molar-refractivity contribution in [3.63, 3.8) is 0 Å². The molecule has 16 heavy (non-hydrogen) atoms. The third-order valence-electron chi connectivity index (χ3n) is 1.84. The Balaban J connectivity index is 2.09. The molecule has 0 aliphatic rings. The van der Waals surface area contributed by atoms with Gasteiger partial charge in [0.2, 0.25) is 0 Å². The van der Waals surface area contributed by atoms with E-state index in [0.717, 1.165) is 0 Å². The van der Waals surface area contributed by atoms with Gasteiger partial charge in [-0.2, -0.15) is 4.72 Å². The fraction of sp³-hybridized carbons (Fsp3) is 0. The first kappa shape index (κ1) is 10.7. The molecule has 0 amide bonds. The molecule has 1 aromatic heterocycles. The molecule has 2 rings (SSSR count). The molecule has 1 aromatic carbocycles. The molecule has 0 aliphatic heterocycles. The molecule has 2 aromatic rings. The second-order valence-electron chi connectivity index (χ2n) is 3.01. The van der Waals surface area contributed by atoms with E-state index in [-0.39, 0.29) is 0 Å². The van der Waals surface area contributed by atoms with E-state index in [0.29, 0.717) is 16.5 Å². The molecule has 1 unspecified atom stereocenters. The van der Waals surface area contributed by atoms with Crippen LogP contribution in [0.25, 0.3) is 0 Å². The molecular weight excluding hydrogens is 224 g/mol. The fourth-order valence-electron chi connectivity index (χ4n) is 1.09. The number of hydrogen-bond acceptors (Lipinski definition) is 5. The van der Waals surface area contributed by atoms with Gasteiger partial charge in [-0.05, 0) is 30.3 Å². The first-order valence-electron chi connectivity index (χ1n) is 4.57. The van der Waals surface area contributed by atoms with Crippen LogP contribution in [0.4, 0.5) is 11.6 Å².